The first-order chi connectivity index (χ1) is 13.3. The van der Waals surface area contributed by atoms with E-state index in [1.54, 1.807) is 12.4 Å². The van der Waals surface area contributed by atoms with Gasteiger partial charge < -0.3 is 9.80 Å². The first kappa shape index (κ1) is 17.9. The van der Waals surface area contributed by atoms with Crippen molar-refractivity contribution in [2.75, 3.05) is 44.2 Å². The second-order valence-corrected chi connectivity index (χ2v) is 7.36. The fourth-order valence-corrected chi connectivity index (χ4v) is 3.88. The Balaban J connectivity index is 1.32. The van der Waals surface area contributed by atoms with Crippen molar-refractivity contribution < 1.29 is 4.79 Å². The summed E-state index contributed by atoms with van der Waals surface area (Å²) in [6.07, 6.45) is 7.47. The predicted molar refractivity (Wildman–Crippen MR) is 106 cm³/mol. The molecule has 1 aromatic carbocycles. The number of hydrogen-bond acceptors (Lipinski definition) is 5. The molecule has 2 aliphatic heterocycles. The van der Waals surface area contributed by atoms with Gasteiger partial charge in [0.1, 0.15) is 0 Å². The molecule has 0 unspecified atom stereocenters. The molecule has 1 amide bonds. The van der Waals surface area contributed by atoms with Crippen LogP contribution in [0.3, 0.4) is 0 Å². The number of likely N-dealkylation sites (tertiary alicyclic amines) is 1. The molecule has 6 nitrogen and oxygen atoms in total. The molecule has 2 saturated heterocycles. The Labute approximate surface area is 160 Å². The van der Waals surface area contributed by atoms with E-state index in [0.29, 0.717) is 13.1 Å². The molecule has 0 radical (unpaired) electrons. The number of carbonyl (C=O) groups is 1. The van der Waals surface area contributed by atoms with Gasteiger partial charge in [0.05, 0.1) is 0 Å². The van der Waals surface area contributed by atoms with Gasteiger partial charge in [-0.25, -0.2) is 9.97 Å². The average molecular weight is 365 g/mol. The van der Waals surface area contributed by atoms with Crippen molar-refractivity contribution in [3.63, 3.8) is 0 Å². The Kier molecular flexibility index (Phi) is 5.63. The lowest BCUT2D eigenvalue weighted by Crippen LogP contribution is -2.49. The minimum absolute atomic E-state index is 0.119. The highest BCUT2D eigenvalue weighted by Crippen LogP contribution is 2.16. The largest absolute Gasteiger partial charge is 0.337 e. The summed E-state index contributed by atoms with van der Waals surface area (Å²) in [5.74, 6) is 0.861. The molecule has 1 aromatic heterocycles. The normalized spacial score (nSPS) is 18.5. The zero-order valence-electron chi connectivity index (χ0n) is 15.8. The van der Waals surface area contributed by atoms with Crippen LogP contribution < -0.4 is 4.90 Å². The Hall–Kier alpha value is -2.47. The van der Waals surface area contributed by atoms with E-state index < -0.39 is 0 Å². The van der Waals surface area contributed by atoms with E-state index in [1.807, 2.05) is 23.1 Å². The molecule has 3 heterocycles. The van der Waals surface area contributed by atoms with E-state index in [-0.39, 0.29) is 5.91 Å². The van der Waals surface area contributed by atoms with Crippen molar-refractivity contribution in [2.24, 2.45) is 0 Å². The fraction of sp³-hybridized carbons (Fsp3) is 0.476. The van der Waals surface area contributed by atoms with Crippen LogP contribution in [-0.4, -0.2) is 64.9 Å². The van der Waals surface area contributed by atoms with Crippen molar-refractivity contribution >= 4 is 11.9 Å². The van der Waals surface area contributed by atoms with Crippen LogP contribution in [0.2, 0.25) is 0 Å². The monoisotopic (exact) mass is 365 g/mol. The highest BCUT2D eigenvalue weighted by atomic mass is 16.2. The van der Waals surface area contributed by atoms with E-state index >= 15 is 0 Å². The number of piperidine rings is 1. The summed E-state index contributed by atoms with van der Waals surface area (Å²) in [6, 6.07) is 9.99. The SMILES string of the molecule is O=C(c1ccc(CN2CCCCC2)cc1)N1CCN(c2ncccn2)CC1. The molecule has 0 spiro atoms. The van der Waals surface area contributed by atoms with Crippen LogP contribution in [0.5, 0.6) is 0 Å². The van der Waals surface area contributed by atoms with Gasteiger partial charge in [-0.05, 0) is 49.7 Å². The molecule has 0 N–H and O–H groups in total. The van der Waals surface area contributed by atoms with Crippen molar-refractivity contribution in [1.82, 2.24) is 19.8 Å². The third kappa shape index (κ3) is 4.45. The van der Waals surface area contributed by atoms with Gasteiger partial charge in [-0.15, -0.1) is 0 Å². The van der Waals surface area contributed by atoms with Crippen LogP contribution >= 0.6 is 0 Å². The fourth-order valence-electron chi connectivity index (χ4n) is 3.88. The van der Waals surface area contributed by atoms with Crippen molar-refractivity contribution in [1.29, 1.82) is 0 Å². The molecular weight excluding hydrogens is 338 g/mol. The zero-order chi connectivity index (χ0) is 18.5. The second kappa shape index (κ2) is 8.48. The minimum atomic E-state index is 0.119. The van der Waals surface area contributed by atoms with Gasteiger partial charge in [0.2, 0.25) is 5.95 Å². The lowest BCUT2D eigenvalue weighted by atomic mass is 10.1. The molecule has 0 bridgehead atoms. The van der Waals surface area contributed by atoms with Crippen LogP contribution in [0, 0.1) is 0 Å². The molecule has 2 fully saturated rings. The van der Waals surface area contributed by atoms with Gasteiger partial charge in [0, 0.05) is 50.7 Å². The predicted octanol–water partition coefficient (Wildman–Crippen LogP) is 2.42. The van der Waals surface area contributed by atoms with Crippen molar-refractivity contribution in [3.05, 3.63) is 53.9 Å². The quantitative estimate of drug-likeness (QED) is 0.833. The molecule has 4 rings (SSSR count). The Morgan fingerprint density at radius 1 is 0.852 bits per heavy atom. The number of carbonyl (C=O) groups excluding carboxylic acids is 1. The third-order valence-electron chi connectivity index (χ3n) is 5.46. The van der Waals surface area contributed by atoms with Crippen LogP contribution in [0.4, 0.5) is 5.95 Å². The molecular formula is C21H27N5O. The Morgan fingerprint density at radius 3 is 2.19 bits per heavy atom. The maximum atomic E-state index is 12.8. The number of anilines is 1. The second-order valence-electron chi connectivity index (χ2n) is 7.36. The zero-order valence-corrected chi connectivity index (χ0v) is 15.8. The summed E-state index contributed by atoms with van der Waals surface area (Å²) < 4.78 is 0. The number of benzene rings is 1. The summed E-state index contributed by atoms with van der Waals surface area (Å²) in [7, 11) is 0. The smallest absolute Gasteiger partial charge is 0.253 e. The summed E-state index contributed by atoms with van der Waals surface area (Å²) in [5.41, 5.74) is 2.07. The molecule has 2 aliphatic rings. The van der Waals surface area contributed by atoms with Gasteiger partial charge in [-0.1, -0.05) is 18.6 Å². The first-order valence-corrected chi connectivity index (χ1v) is 9.92. The topological polar surface area (TPSA) is 52.6 Å². The Morgan fingerprint density at radius 2 is 1.52 bits per heavy atom. The summed E-state index contributed by atoms with van der Waals surface area (Å²) >= 11 is 0. The van der Waals surface area contributed by atoms with Crippen molar-refractivity contribution in [2.45, 2.75) is 25.8 Å². The van der Waals surface area contributed by atoms with E-state index in [4.69, 9.17) is 0 Å². The standard InChI is InChI=1S/C21H27N5O/c27-20(25-13-15-26(16-14-25)21-22-9-4-10-23-21)19-7-5-18(6-8-19)17-24-11-2-1-3-12-24/h4-10H,1-3,11-17H2. The molecule has 0 aliphatic carbocycles. The van der Waals surface area contributed by atoms with E-state index in [1.165, 1.54) is 37.9 Å². The average Bonchev–Trinajstić information content (AvgIpc) is 2.75. The lowest BCUT2D eigenvalue weighted by Gasteiger charge is -2.34. The van der Waals surface area contributed by atoms with E-state index in [9.17, 15) is 4.79 Å². The highest BCUT2D eigenvalue weighted by molar-refractivity contribution is 5.94. The summed E-state index contributed by atoms with van der Waals surface area (Å²) in [4.78, 5) is 28.0. The number of piperazine rings is 1. The maximum Gasteiger partial charge on any atom is 0.253 e. The molecule has 6 heteroatoms. The molecule has 0 atom stereocenters. The van der Waals surface area contributed by atoms with Gasteiger partial charge in [-0.3, -0.25) is 9.69 Å². The van der Waals surface area contributed by atoms with Gasteiger partial charge >= 0.3 is 0 Å². The molecule has 2 aromatic rings. The maximum absolute atomic E-state index is 12.8. The summed E-state index contributed by atoms with van der Waals surface area (Å²) in [6.45, 7) is 6.31. The lowest BCUT2D eigenvalue weighted by molar-refractivity contribution is 0.0746. The number of rotatable bonds is 4. The summed E-state index contributed by atoms with van der Waals surface area (Å²) in [5, 5.41) is 0. The van der Waals surface area contributed by atoms with Crippen molar-refractivity contribution in [3.8, 4) is 0 Å². The molecule has 142 valence electrons. The number of hydrogen-bond donors (Lipinski definition) is 0. The van der Waals surface area contributed by atoms with Crippen LogP contribution in [-0.2, 0) is 6.54 Å². The first-order valence-electron chi connectivity index (χ1n) is 9.92. The van der Waals surface area contributed by atoms with Gasteiger partial charge in [0.25, 0.3) is 5.91 Å². The highest BCUT2D eigenvalue weighted by Gasteiger charge is 2.23. The number of nitrogens with zero attached hydrogens (tertiary/aromatic N) is 5. The number of aromatic nitrogens is 2. The molecule has 27 heavy (non-hydrogen) atoms. The number of amides is 1. The van der Waals surface area contributed by atoms with Gasteiger partial charge in [-0.2, -0.15) is 0 Å². The van der Waals surface area contributed by atoms with E-state index in [0.717, 1.165) is 31.1 Å². The Bertz CT molecular complexity index is 735. The van der Waals surface area contributed by atoms with Gasteiger partial charge in [0.15, 0.2) is 0 Å². The third-order valence-corrected chi connectivity index (χ3v) is 5.46. The molecule has 0 saturated carbocycles. The van der Waals surface area contributed by atoms with E-state index in [2.05, 4.69) is 31.9 Å². The van der Waals surface area contributed by atoms with Crippen LogP contribution in [0.1, 0.15) is 35.2 Å². The van der Waals surface area contributed by atoms with Crippen LogP contribution in [0.25, 0.3) is 0 Å². The van der Waals surface area contributed by atoms with Crippen LogP contribution in [0.15, 0.2) is 42.7 Å². The minimum Gasteiger partial charge on any atom is -0.337 e.